The molecule has 0 saturated heterocycles. The fourth-order valence-corrected chi connectivity index (χ4v) is 3.07. The monoisotopic (exact) mass is 273 g/mol. The zero-order valence-electron chi connectivity index (χ0n) is 10.6. The van der Waals surface area contributed by atoms with E-state index in [0.29, 0.717) is 11.4 Å². The summed E-state index contributed by atoms with van der Waals surface area (Å²) >= 11 is 0. The van der Waals surface area contributed by atoms with Gasteiger partial charge in [0.1, 0.15) is 5.75 Å². The highest BCUT2D eigenvalue weighted by molar-refractivity contribution is 7.91. The number of rotatable bonds is 4. The molecule has 0 fully saturated rings. The second-order valence-electron chi connectivity index (χ2n) is 4.82. The predicted octanol–water partition coefficient (Wildman–Crippen LogP) is 2.28. The molecule has 0 heterocycles. The van der Waals surface area contributed by atoms with Crippen LogP contribution in [0.1, 0.15) is 6.92 Å². The van der Waals surface area contributed by atoms with E-state index < -0.39 is 18.2 Å². The number of anilines is 1. The molecule has 17 heavy (non-hydrogen) atoms. The van der Waals surface area contributed by atoms with Gasteiger partial charge in [-0.2, -0.15) is 0 Å². The van der Waals surface area contributed by atoms with Crippen molar-refractivity contribution in [1.82, 2.24) is 0 Å². The molecule has 0 bridgehead atoms. The number of nitrogen functional groups attached to an aromatic ring is 1. The van der Waals surface area contributed by atoms with Gasteiger partial charge in [-0.05, 0) is 37.8 Å². The van der Waals surface area contributed by atoms with E-state index in [-0.39, 0.29) is 10.6 Å². The lowest BCUT2D eigenvalue weighted by Crippen LogP contribution is -2.29. The summed E-state index contributed by atoms with van der Waals surface area (Å²) in [6.45, 7) is 7.74. The summed E-state index contributed by atoms with van der Waals surface area (Å²) in [4.78, 5) is 0.250. The number of benzene rings is 1. The minimum absolute atomic E-state index is 0.0701. The van der Waals surface area contributed by atoms with Gasteiger partial charge >= 0.3 is 0 Å². The molecule has 0 amide bonds. The average Bonchev–Trinajstić information content (AvgIpc) is 2.19. The topological polar surface area (TPSA) is 69.4 Å². The minimum atomic E-state index is -3.21. The molecule has 0 unspecified atom stereocenters. The second kappa shape index (κ2) is 4.70. The Hall–Kier alpha value is -1.01. The van der Waals surface area contributed by atoms with Gasteiger partial charge in [0.2, 0.25) is 8.32 Å². The van der Waals surface area contributed by atoms with Crippen LogP contribution in [0.2, 0.25) is 19.6 Å². The van der Waals surface area contributed by atoms with Crippen LogP contribution < -0.4 is 10.2 Å². The van der Waals surface area contributed by atoms with Crippen LogP contribution in [-0.4, -0.2) is 22.5 Å². The van der Waals surface area contributed by atoms with Gasteiger partial charge in [0.25, 0.3) is 0 Å². The number of sulfone groups is 1. The molecular weight excluding hydrogens is 254 g/mol. The first-order valence-corrected chi connectivity index (χ1v) is 10.5. The van der Waals surface area contributed by atoms with Crippen molar-refractivity contribution in [2.24, 2.45) is 0 Å². The second-order valence-corrected chi connectivity index (χ2v) is 11.5. The van der Waals surface area contributed by atoms with Crippen molar-refractivity contribution in [2.75, 3.05) is 11.5 Å². The molecule has 4 nitrogen and oxygen atoms in total. The molecule has 2 N–H and O–H groups in total. The van der Waals surface area contributed by atoms with Gasteiger partial charge in [0.15, 0.2) is 9.84 Å². The smallest absolute Gasteiger partial charge is 0.242 e. The highest BCUT2D eigenvalue weighted by atomic mass is 32.2. The third kappa shape index (κ3) is 3.74. The van der Waals surface area contributed by atoms with E-state index in [1.165, 1.54) is 6.07 Å². The van der Waals surface area contributed by atoms with Crippen LogP contribution in [0, 0.1) is 0 Å². The van der Waals surface area contributed by atoms with Crippen molar-refractivity contribution in [3.05, 3.63) is 18.2 Å². The normalized spacial score (nSPS) is 12.5. The third-order valence-electron chi connectivity index (χ3n) is 2.14. The summed E-state index contributed by atoms with van der Waals surface area (Å²) in [6, 6.07) is 4.65. The molecule has 0 spiro atoms. The van der Waals surface area contributed by atoms with E-state index in [1.807, 2.05) is 19.6 Å². The maximum absolute atomic E-state index is 11.7. The summed E-state index contributed by atoms with van der Waals surface area (Å²) in [5.41, 5.74) is 6.19. The van der Waals surface area contributed by atoms with Gasteiger partial charge < -0.3 is 10.2 Å². The van der Waals surface area contributed by atoms with E-state index in [0.717, 1.165) is 0 Å². The summed E-state index contributed by atoms with van der Waals surface area (Å²) < 4.78 is 29.1. The first-order chi connectivity index (χ1) is 7.65. The molecule has 1 aromatic rings. The van der Waals surface area contributed by atoms with E-state index in [2.05, 4.69) is 0 Å². The van der Waals surface area contributed by atoms with Gasteiger partial charge in [-0.15, -0.1) is 0 Å². The molecular formula is C11H19NO3SSi. The maximum Gasteiger partial charge on any atom is 0.242 e. The zero-order chi connectivity index (χ0) is 13.3. The quantitative estimate of drug-likeness (QED) is 0.675. The fraction of sp³-hybridized carbons (Fsp3) is 0.455. The Morgan fingerprint density at radius 1 is 1.29 bits per heavy atom. The summed E-state index contributed by atoms with van der Waals surface area (Å²) in [5, 5.41) is 0. The largest absolute Gasteiger partial charge is 0.543 e. The molecule has 1 rings (SSSR count). The van der Waals surface area contributed by atoms with Crippen molar-refractivity contribution >= 4 is 23.8 Å². The van der Waals surface area contributed by atoms with Crippen LogP contribution >= 0.6 is 0 Å². The lowest BCUT2D eigenvalue weighted by molar-refractivity contribution is 0.559. The molecule has 0 aromatic heterocycles. The van der Waals surface area contributed by atoms with E-state index in [4.69, 9.17) is 10.2 Å². The van der Waals surface area contributed by atoms with Crippen LogP contribution in [0.3, 0.4) is 0 Å². The van der Waals surface area contributed by atoms with Crippen LogP contribution in [-0.2, 0) is 9.84 Å². The molecule has 1 aromatic carbocycles. The summed E-state index contributed by atoms with van der Waals surface area (Å²) in [6.07, 6.45) is 0. The Kier molecular flexibility index (Phi) is 3.88. The SMILES string of the molecule is CCS(=O)(=O)c1ccc(O[Si](C)(C)C)c(N)c1. The number of hydrogen-bond donors (Lipinski definition) is 1. The Morgan fingerprint density at radius 2 is 1.88 bits per heavy atom. The Balaban J connectivity index is 3.11. The lowest BCUT2D eigenvalue weighted by atomic mass is 10.3. The van der Waals surface area contributed by atoms with Gasteiger partial charge in [-0.1, -0.05) is 6.92 Å². The van der Waals surface area contributed by atoms with Crippen LogP contribution in [0.4, 0.5) is 5.69 Å². The Morgan fingerprint density at radius 3 is 2.29 bits per heavy atom. The van der Waals surface area contributed by atoms with Gasteiger partial charge in [-0.25, -0.2) is 8.42 Å². The third-order valence-corrected chi connectivity index (χ3v) is 4.70. The van der Waals surface area contributed by atoms with Crippen molar-refractivity contribution in [3.63, 3.8) is 0 Å². The van der Waals surface area contributed by atoms with Gasteiger partial charge in [0, 0.05) is 0 Å². The first kappa shape index (κ1) is 14.0. The molecule has 0 aliphatic rings. The molecule has 0 radical (unpaired) electrons. The van der Waals surface area contributed by atoms with Crippen LogP contribution in [0.15, 0.2) is 23.1 Å². The van der Waals surface area contributed by atoms with Crippen LogP contribution in [0.5, 0.6) is 5.75 Å². The Labute approximate surface area is 104 Å². The number of hydrogen-bond acceptors (Lipinski definition) is 4. The van der Waals surface area contributed by atoms with E-state index in [1.54, 1.807) is 19.1 Å². The highest BCUT2D eigenvalue weighted by Gasteiger charge is 2.19. The van der Waals surface area contributed by atoms with Crippen LogP contribution in [0.25, 0.3) is 0 Å². The van der Waals surface area contributed by atoms with Crippen molar-refractivity contribution < 1.29 is 12.8 Å². The fourth-order valence-electron chi connectivity index (χ4n) is 1.31. The first-order valence-electron chi connectivity index (χ1n) is 5.47. The standard InChI is InChI=1S/C11H19NO3SSi/c1-5-16(13,14)9-6-7-11(10(12)8-9)15-17(2,3)4/h6-8H,5,12H2,1-4H3. The molecule has 0 atom stereocenters. The number of nitrogens with two attached hydrogens (primary N) is 1. The van der Waals surface area contributed by atoms with Crippen molar-refractivity contribution in [3.8, 4) is 5.75 Å². The molecule has 96 valence electrons. The lowest BCUT2D eigenvalue weighted by Gasteiger charge is -2.20. The van der Waals surface area contributed by atoms with E-state index in [9.17, 15) is 8.42 Å². The molecule has 0 aliphatic heterocycles. The minimum Gasteiger partial charge on any atom is -0.543 e. The average molecular weight is 273 g/mol. The molecule has 0 aliphatic carbocycles. The molecule has 0 saturated carbocycles. The predicted molar refractivity (Wildman–Crippen MR) is 72.6 cm³/mol. The summed E-state index contributed by atoms with van der Waals surface area (Å²) in [7, 11) is -4.94. The van der Waals surface area contributed by atoms with Gasteiger partial charge in [-0.3, -0.25) is 0 Å². The van der Waals surface area contributed by atoms with Crippen molar-refractivity contribution in [1.29, 1.82) is 0 Å². The summed E-state index contributed by atoms with van der Waals surface area (Å²) in [5.74, 6) is 0.639. The zero-order valence-corrected chi connectivity index (χ0v) is 12.5. The van der Waals surface area contributed by atoms with E-state index >= 15 is 0 Å². The Bertz CT molecular complexity index is 506. The highest BCUT2D eigenvalue weighted by Crippen LogP contribution is 2.27. The molecule has 6 heteroatoms. The van der Waals surface area contributed by atoms with Crippen molar-refractivity contribution in [2.45, 2.75) is 31.5 Å². The maximum atomic E-state index is 11.7. The van der Waals surface area contributed by atoms with Gasteiger partial charge in [0.05, 0.1) is 16.3 Å².